The zero-order valence-corrected chi connectivity index (χ0v) is 15.6. The number of amidine groups is 1. The number of nitrogens with zero attached hydrogens (tertiary/aromatic N) is 2. The van der Waals surface area contributed by atoms with Gasteiger partial charge in [-0.3, -0.25) is 4.79 Å². The van der Waals surface area contributed by atoms with E-state index in [4.69, 9.17) is 11.5 Å². The van der Waals surface area contributed by atoms with E-state index in [2.05, 4.69) is 28.8 Å². The van der Waals surface area contributed by atoms with Crippen LogP contribution in [-0.4, -0.2) is 23.3 Å². The fourth-order valence-electron chi connectivity index (χ4n) is 1.53. The van der Waals surface area contributed by atoms with Crippen molar-refractivity contribution >= 4 is 34.5 Å². The molecule has 1 aromatic rings. The summed E-state index contributed by atoms with van der Waals surface area (Å²) in [4.78, 5) is 18.8. The third-order valence-electron chi connectivity index (χ3n) is 2.57. The van der Waals surface area contributed by atoms with Crippen LogP contribution in [0, 0.1) is 6.92 Å². The van der Waals surface area contributed by atoms with Crippen molar-refractivity contribution in [3.63, 3.8) is 0 Å². The molecule has 0 unspecified atom stereocenters. The maximum absolute atomic E-state index is 10.7. The molecule has 0 fully saturated rings. The molecule has 0 atom stereocenters. The van der Waals surface area contributed by atoms with Gasteiger partial charge in [-0.15, -0.1) is 0 Å². The van der Waals surface area contributed by atoms with Crippen LogP contribution in [0.4, 0.5) is 5.69 Å². The number of hydrogen-bond acceptors (Lipinski definition) is 4. The van der Waals surface area contributed by atoms with Gasteiger partial charge in [0.05, 0.1) is 5.69 Å². The Hall–Kier alpha value is -2.28. The molecule has 0 saturated carbocycles. The second-order valence-electron chi connectivity index (χ2n) is 4.99. The lowest BCUT2D eigenvalue weighted by Gasteiger charge is -2.04. The number of benzene rings is 1. The highest BCUT2D eigenvalue weighted by Crippen LogP contribution is 2.11. The molecule has 1 amide bonds. The third-order valence-corrected chi connectivity index (χ3v) is 3.15. The number of nitrogens with two attached hydrogens (primary N) is 2. The van der Waals surface area contributed by atoms with Crippen LogP contribution in [0.25, 0.3) is 0 Å². The van der Waals surface area contributed by atoms with E-state index in [1.165, 1.54) is 24.2 Å². The van der Waals surface area contributed by atoms with Crippen LogP contribution < -0.4 is 16.8 Å². The fourth-order valence-corrected chi connectivity index (χ4v) is 2.00. The van der Waals surface area contributed by atoms with Gasteiger partial charge in [-0.25, -0.2) is 9.98 Å². The van der Waals surface area contributed by atoms with E-state index in [1.54, 1.807) is 0 Å². The van der Waals surface area contributed by atoms with Crippen molar-refractivity contribution in [1.82, 2.24) is 5.32 Å². The smallest absolute Gasteiger partial charge is 0.222 e. The van der Waals surface area contributed by atoms with Gasteiger partial charge in [-0.2, -0.15) is 0 Å². The normalized spacial score (nSPS) is 10.2. The van der Waals surface area contributed by atoms with Gasteiger partial charge in [0.15, 0.2) is 11.1 Å². The lowest BCUT2D eigenvalue weighted by molar-refractivity contribution is -0.117. The molecular weight excluding hydrogens is 322 g/mol. The molecule has 7 heteroatoms. The average molecular weight is 350 g/mol. The molecule has 0 heterocycles. The molecule has 0 aliphatic heterocycles. The van der Waals surface area contributed by atoms with Crippen molar-refractivity contribution in [3.8, 4) is 0 Å². The first kappa shape index (κ1) is 21.7. The van der Waals surface area contributed by atoms with Crippen LogP contribution in [0.3, 0.4) is 0 Å². The standard InChI is InChI=1S/C9H16N2OS.C8H11N3/c1-5-6-7(2)10-9(13-4)11-8(3)12;1-6-2-4-7(5-3-6)11-8(9)10/h2,5-6H2,1,3-4H3,(H,10,11,12);2-5H,1H3,(H4,9,10,11). The quantitative estimate of drug-likeness (QED) is 0.573. The Morgan fingerprint density at radius 1 is 1.29 bits per heavy atom. The number of allylic oxidation sites excluding steroid dienone is 1. The Kier molecular flexibility index (Phi) is 11.0. The maximum atomic E-state index is 10.7. The number of hydrogen-bond donors (Lipinski definition) is 3. The van der Waals surface area contributed by atoms with Gasteiger partial charge in [0.1, 0.15) is 0 Å². The molecule has 5 N–H and O–H groups in total. The topological polar surface area (TPSA) is 106 Å². The first-order chi connectivity index (χ1) is 11.3. The predicted molar refractivity (Wildman–Crippen MR) is 105 cm³/mol. The van der Waals surface area contributed by atoms with E-state index in [9.17, 15) is 4.79 Å². The third kappa shape index (κ3) is 11.3. The lowest BCUT2D eigenvalue weighted by atomic mass is 10.2. The molecule has 0 aliphatic rings. The van der Waals surface area contributed by atoms with Gasteiger partial charge >= 0.3 is 0 Å². The summed E-state index contributed by atoms with van der Waals surface area (Å²) in [5, 5.41) is 3.25. The zero-order chi connectivity index (χ0) is 18.5. The predicted octanol–water partition coefficient (Wildman–Crippen LogP) is 3.06. The molecule has 24 heavy (non-hydrogen) atoms. The van der Waals surface area contributed by atoms with Crippen LogP contribution >= 0.6 is 11.8 Å². The summed E-state index contributed by atoms with van der Waals surface area (Å²) in [6.45, 7) is 9.33. The van der Waals surface area contributed by atoms with Crippen LogP contribution in [0.2, 0.25) is 0 Å². The van der Waals surface area contributed by atoms with Crippen molar-refractivity contribution in [2.75, 3.05) is 6.26 Å². The lowest BCUT2D eigenvalue weighted by Crippen LogP contribution is -2.25. The van der Waals surface area contributed by atoms with Gasteiger partial charge in [0.25, 0.3) is 0 Å². The first-order valence-electron chi connectivity index (χ1n) is 7.52. The molecule has 0 saturated heterocycles. The van der Waals surface area contributed by atoms with Gasteiger partial charge < -0.3 is 16.8 Å². The summed E-state index contributed by atoms with van der Waals surface area (Å²) in [6, 6.07) is 7.66. The highest BCUT2D eigenvalue weighted by atomic mass is 32.2. The van der Waals surface area contributed by atoms with Crippen molar-refractivity contribution < 1.29 is 4.79 Å². The number of rotatable bonds is 4. The van der Waals surface area contributed by atoms with Gasteiger partial charge in [0, 0.05) is 12.6 Å². The number of aryl methyl sites for hydroxylation is 1. The second-order valence-corrected chi connectivity index (χ2v) is 5.79. The summed E-state index contributed by atoms with van der Waals surface area (Å²) < 4.78 is 0. The number of carbonyl (C=O) groups is 1. The van der Waals surface area contributed by atoms with Gasteiger partial charge in [-0.1, -0.05) is 49.4 Å². The Labute approximate surface area is 148 Å². The minimum absolute atomic E-state index is 0.0915. The minimum atomic E-state index is -0.0996. The van der Waals surface area contributed by atoms with Gasteiger partial charge in [0.2, 0.25) is 5.91 Å². The van der Waals surface area contributed by atoms with E-state index < -0.39 is 0 Å². The van der Waals surface area contributed by atoms with Crippen molar-refractivity contribution in [2.24, 2.45) is 21.5 Å². The Bertz CT molecular complexity index is 590. The highest BCUT2D eigenvalue weighted by molar-refractivity contribution is 8.13. The molecule has 0 aliphatic carbocycles. The molecule has 1 rings (SSSR count). The molecule has 1 aromatic carbocycles. The van der Waals surface area contributed by atoms with E-state index in [0.29, 0.717) is 5.17 Å². The number of amides is 1. The molecule has 0 bridgehead atoms. The van der Waals surface area contributed by atoms with E-state index >= 15 is 0 Å². The van der Waals surface area contributed by atoms with Crippen molar-refractivity contribution in [2.45, 2.75) is 33.6 Å². The van der Waals surface area contributed by atoms with Crippen molar-refractivity contribution in [1.29, 1.82) is 0 Å². The number of guanidine groups is 1. The number of nitrogens with one attached hydrogen (secondary N) is 1. The highest BCUT2D eigenvalue weighted by Gasteiger charge is 1.99. The molecular formula is C17H27N5OS. The van der Waals surface area contributed by atoms with Crippen LogP contribution in [-0.2, 0) is 4.79 Å². The first-order valence-corrected chi connectivity index (χ1v) is 8.75. The maximum Gasteiger partial charge on any atom is 0.222 e. The average Bonchev–Trinajstić information content (AvgIpc) is 2.49. The van der Waals surface area contributed by atoms with Crippen LogP contribution in [0.1, 0.15) is 32.3 Å². The number of aliphatic imine (C=N–C) groups is 2. The van der Waals surface area contributed by atoms with Crippen LogP contribution in [0.5, 0.6) is 0 Å². The van der Waals surface area contributed by atoms with Gasteiger partial charge in [-0.05, 0) is 31.7 Å². The Morgan fingerprint density at radius 2 is 1.88 bits per heavy atom. The van der Waals surface area contributed by atoms with Crippen LogP contribution in [0.15, 0.2) is 46.5 Å². The molecule has 6 nitrogen and oxygen atoms in total. The van der Waals surface area contributed by atoms with E-state index in [0.717, 1.165) is 24.2 Å². The summed E-state index contributed by atoms with van der Waals surface area (Å²) in [7, 11) is 0. The van der Waals surface area contributed by atoms with E-state index in [1.807, 2.05) is 37.4 Å². The molecule has 0 spiro atoms. The van der Waals surface area contributed by atoms with Crippen molar-refractivity contribution in [3.05, 3.63) is 42.1 Å². The number of carbonyl (C=O) groups excluding carboxylic acids is 1. The zero-order valence-electron chi connectivity index (χ0n) is 14.8. The Balaban J connectivity index is 0.000000446. The summed E-state index contributed by atoms with van der Waals surface area (Å²) in [6.07, 6.45) is 3.75. The minimum Gasteiger partial charge on any atom is -0.370 e. The molecule has 132 valence electrons. The second kappa shape index (κ2) is 12.2. The monoisotopic (exact) mass is 349 g/mol. The summed E-state index contributed by atoms with van der Waals surface area (Å²) >= 11 is 1.41. The largest absolute Gasteiger partial charge is 0.370 e. The Morgan fingerprint density at radius 3 is 2.29 bits per heavy atom. The fraction of sp³-hybridized carbons (Fsp3) is 0.353. The molecule has 0 aromatic heterocycles. The van der Waals surface area contributed by atoms with E-state index in [-0.39, 0.29) is 11.9 Å². The SMILES string of the molecule is C=C(CCC)N=C(NC(C)=O)SC.Cc1ccc(N=C(N)N)cc1. The summed E-state index contributed by atoms with van der Waals surface area (Å²) in [5.74, 6) is -0.00810. The number of thioether (sulfide) groups is 1. The summed E-state index contributed by atoms with van der Waals surface area (Å²) in [5.41, 5.74) is 13.2. The molecule has 0 radical (unpaired) electrons.